The molecule has 2 N–H and O–H groups in total. The van der Waals surface area contributed by atoms with Crippen molar-refractivity contribution in [2.45, 2.75) is 19.4 Å². The van der Waals surface area contributed by atoms with Crippen LogP contribution in [0.15, 0.2) is 54.6 Å². The van der Waals surface area contributed by atoms with Gasteiger partial charge < -0.3 is 15.0 Å². The predicted octanol–water partition coefficient (Wildman–Crippen LogP) is 3.33. The second-order valence-electron chi connectivity index (χ2n) is 5.30. The Morgan fingerprint density at radius 3 is 2.61 bits per heavy atom. The van der Waals surface area contributed by atoms with Gasteiger partial charge in [0.25, 0.3) is 0 Å². The summed E-state index contributed by atoms with van der Waals surface area (Å²) in [6.07, 6.45) is 1.41. The number of nitrogens with zero attached hydrogens (tertiary/aromatic N) is 2. The smallest absolute Gasteiger partial charge is 0.119 e. The van der Waals surface area contributed by atoms with E-state index < -0.39 is 0 Å². The van der Waals surface area contributed by atoms with Gasteiger partial charge in [0.1, 0.15) is 11.6 Å². The Hall–Kier alpha value is -2.40. The van der Waals surface area contributed by atoms with Gasteiger partial charge in [-0.05, 0) is 24.3 Å². The Balaban J connectivity index is 1.75. The number of rotatable bonds is 7. The second-order valence-corrected chi connectivity index (χ2v) is 5.82. The number of imidazole rings is 1. The van der Waals surface area contributed by atoms with Gasteiger partial charge in [0.05, 0.1) is 22.6 Å². The van der Waals surface area contributed by atoms with Crippen LogP contribution in [0.25, 0.3) is 11.0 Å². The van der Waals surface area contributed by atoms with Gasteiger partial charge in [-0.15, -0.1) is 0 Å². The molecule has 0 saturated carbocycles. The summed E-state index contributed by atoms with van der Waals surface area (Å²) in [5, 5.41) is 0. The Morgan fingerprint density at radius 1 is 1.09 bits per heavy atom. The first kappa shape index (κ1) is 15.5. The number of ether oxygens (including phenoxy) is 1. The molecule has 1 aromatic heterocycles. The molecule has 0 amide bonds. The normalized spacial score (nSPS) is 10.8. The number of aromatic nitrogens is 2. The molecule has 0 aliphatic rings. The highest BCUT2D eigenvalue weighted by atomic mass is 32.1. The Labute approximate surface area is 140 Å². The highest BCUT2D eigenvalue weighted by molar-refractivity contribution is 7.80. The van der Waals surface area contributed by atoms with Crippen molar-refractivity contribution in [1.29, 1.82) is 0 Å². The SMILES string of the molecule is NC(=S)CCn1c(CCOc2ccccc2)nc2ccccc21. The summed E-state index contributed by atoms with van der Waals surface area (Å²) >= 11 is 5.01. The molecule has 3 rings (SSSR count). The van der Waals surface area contributed by atoms with Crippen molar-refractivity contribution in [3.8, 4) is 5.75 Å². The quantitative estimate of drug-likeness (QED) is 0.677. The summed E-state index contributed by atoms with van der Waals surface area (Å²) < 4.78 is 7.97. The lowest BCUT2D eigenvalue weighted by molar-refractivity contribution is 0.317. The molecule has 0 aliphatic heterocycles. The van der Waals surface area contributed by atoms with Crippen LogP contribution in [-0.2, 0) is 13.0 Å². The van der Waals surface area contributed by atoms with Crippen LogP contribution < -0.4 is 10.5 Å². The molecule has 0 aliphatic carbocycles. The second kappa shape index (κ2) is 7.24. The van der Waals surface area contributed by atoms with Crippen LogP contribution in [0.5, 0.6) is 5.75 Å². The van der Waals surface area contributed by atoms with Crippen molar-refractivity contribution in [3.63, 3.8) is 0 Å². The predicted molar refractivity (Wildman–Crippen MR) is 96.8 cm³/mol. The van der Waals surface area contributed by atoms with Crippen molar-refractivity contribution in [1.82, 2.24) is 9.55 Å². The molecule has 1 heterocycles. The number of aryl methyl sites for hydroxylation is 1. The van der Waals surface area contributed by atoms with Crippen molar-refractivity contribution < 1.29 is 4.74 Å². The molecule has 0 atom stereocenters. The molecule has 0 bridgehead atoms. The number of nitrogens with two attached hydrogens (primary N) is 1. The number of para-hydroxylation sites is 3. The fraction of sp³-hybridized carbons (Fsp3) is 0.222. The fourth-order valence-corrected chi connectivity index (χ4v) is 2.66. The summed E-state index contributed by atoms with van der Waals surface area (Å²) in [5.74, 6) is 1.87. The highest BCUT2D eigenvalue weighted by Crippen LogP contribution is 2.17. The van der Waals surface area contributed by atoms with Crippen molar-refractivity contribution in [2.75, 3.05) is 6.61 Å². The average Bonchev–Trinajstić information content (AvgIpc) is 2.91. The Morgan fingerprint density at radius 2 is 1.83 bits per heavy atom. The van der Waals surface area contributed by atoms with E-state index >= 15 is 0 Å². The van der Waals surface area contributed by atoms with Gasteiger partial charge in [-0.25, -0.2) is 4.98 Å². The van der Waals surface area contributed by atoms with Crippen molar-refractivity contribution >= 4 is 28.2 Å². The molecule has 4 nitrogen and oxygen atoms in total. The van der Waals surface area contributed by atoms with Crippen LogP contribution in [0, 0.1) is 0 Å². The molecule has 118 valence electrons. The van der Waals surface area contributed by atoms with Crippen LogP contribution >= 0.6 is 12.2 Å². The molecule has 0 unspecified atom stereocenters. The van der Waals surface area contributed by atoms with E-state index in [4.69, 9.17) is 27.7 Å². The van der Waals surface area contributed by atoms with Crippen LogP contribution in [0.3, 0.4) is 0 Å². The summed E-state index contributed by atoms with van der Waals surface area (Å²) in [7, 11) is 0. The summed E-state index contributed by atoms with van der Waals surface area (Å²) in [6.45, 7) is 1.33. The third-order valence-corrected chi connectivity index (χ3v) is 3.86. The molecule has 0 fully saturated rings. The van der Waals surface area contributed by atoms with Crippen LogP contribution in [-0.4, -0.2) is 21.1 Å². The van der Waals surface area contributed by atoms with Gasteiger partial charge >= 0.3 is 0 Å². The molecule has 0 saturated heterocycles. The topological polar surface area (TPSA) is 53.1 Å². The average molecular weight is 325 g/mol. The number of benzene rings is 2. The van der Waals surface area contributed by atoms with Gasteiger partial charge in [0.2, 0.25) is 0 Å². The van der Waals surface area contributed by atoms with Gasteiger partial charge in [-0.3, -0.25) is 0 Å². The van der Waals surface area contributed by atoms with E-state index in [1.165, 1.54) is 0 Å². The van der Waals surface area contributed by atoms with E-state index in [2.05, 4.69) is 10.6 Å². The maximum absolute atomic E-state index is 5.78. The first-order valence-corrected chi connectivity index (χ1v) is 8.05. The zero-order valence-electron chi connectivity index (χ0n) is 12.8. The van der Waals surface area contributed by atoms with Crippen LogP contribution in [0.2, 0.25) is 0 Å². The van der Waals surface area contributed by atoms with E-state index in [0.29, 0.717) is 18.0 Å². The maximum atomic E-state index is 5.78. The molecule has 0 spiro atoms. The van der Waals surface area contributed by atoms with Crippen molar-refractivity contribution in [3.05, 3.63) is 60.4 Å². The van der Waals surface area contributed by atoms with Crippen molar-refractivity contribution in [2.24, 2.45) is 5.73 Å². The summed E-state index contributed by atoms with van der Waals surface area (Å²) in [4.78, 5) is 5.24. The largest absolute Gasteiger partial charge is 0.493 e. The third kappa shape index (κ3) is 3.87. The molecular weight excluding hydrogens is 306 g/mol. The maximum Gasteiger partial charge on any atom is 0.119 e. The standard InChI is InChI=1S/C18H19N3OS/c19-17(23)10-12-21-16-9-5-4-8-15(16)20-18(21)11-13-22-14-6-2-1-3-7-14/h1-9H,10-13H2,(H2,19,23). The number of fused-ring (bicyclic) bond motifs is 1. The Bertz CT molecular complexity index is 798. The number of hydrogen-bond donors (Lipinski definition) is 1. The lowest BCUT2D eigenvalue weighted by Crippen LogP contribution is -2.14. The van der Waals surface area contributed by atoms with Crippen LogP contribution in [0.4, 0.5) is 0 Å². The zero-order chi connectivity index (χ0) is 16.1. The molecule has 23 heavy (non-hydrogen) atoms. The third-order valence-electron chi connectivity index (χ3n) is 3.65. The lowest BCUT2D eigenvalue weighted by Gasteiger charge is -2.10. The monoisotopic (exact) mass is 325 g/mol. The molecule has 0 radical (unpaired) electrons. The minimum atomic E-state index is 0.522. The first-order chi connectivity index (χ1) is 11.2. The molecule has 3 aromatic rings. The fourth-order valence-electron chi connectivity index (χ4n) is 2.56. The van der Waals surface area contributed by atoms with E-state index in [-0.39, 0.29) is 0 Å². The first-order valence-electron chi connectivity index (χ1n) is 7.64. The molecule has 2 aromatic carbocycles. The lowest BCUT2D eigenvalue weighted by atomic mass is 10.3. The van der Waals surface area contributed by atoms with E-state index in [0.717, 1.165) is 35.6 Å². The van der Waals surface area contributed by atoms with Gasteiger partial charge in [-0.2, -0.15) is 0 Å². The summed E-state index contributed by atoms with van der Waals surface area (Å²) in [6, 6.07) is 17.9. The minimum absolute atomic E-state index is 0.522. The number of thiocarbonyl (C=S) groups is 1. The molecule has 5 heteroatoms. The zero-order valence-corrected chi connectivity index (χ0v) is 13.6. The van der Waals surface area contributed by atoms with E-state index in [9.17, 15) is 0 Å². The summed E-state index contributed by atoms with van der Waals surface area (Å²) in [5.41, 5.74) is 7.75. The van der Waals surface area contributed by atoms with Crippen LogP contribution in [0.1, 0.15) is 12.2 Å². The van der Waals surface area contributed by atoms with Gasteiger partial charge in [0.15, 0.2) is 0 Å². The minimum Gasteiger partial charge on any atom is -0.493 e. The van der Waals surface area contributed by atoms with E-state index in [1.807, 2.05) is 48.5 Å². The van der Waals surface area contributed by atoms with Gasteiger partial charge in [0, 0.05) is 19.4 Å². The Kier molecular flexibility index (Phi) is 4.88. The van der Waals surface area contributed by atoms with Gasteiger partial charge in [-0.1, -0.05) is 42.5 Å². The number of hydrogen-bond acceptors (Lipinski definition) is 3. The molecular formula is C18H19N3OS. The highest BCUT2D eigenvalue weighted by Gasteiger charge is 2.10. The van der Waals surface area contributed by atoms with E-state index in [1.54, 1.807) is 0 Å².